The van der Waals surface area contributed by atoms with Crippen molar-refractivity contribution in [1.29, 1.82) is 5.26 Å². The number of imide groups is 1. The van der Waals surface area contributed by atoms with Crippen molar-refractivity contribution in [2.45, 2.75) is 69.5 Å². The van der Waals surface area contributed by atoms with Crippen LogP contribution in [-0.2, 0) is 14.4 Å². The molecule has 34 heavy (non-hydrogen) atoms. The normalized spacial score (nSPS) is 18.7. The topological polar surface area (TPSA) is 94.4 Å². The van der Waals surface area contributed by atoms with Gasteiger partial charge in [-0.25, -0.2) is 9.88 Å². The van der Waals surface area contributed by atoms with E-state index in [0.29, 0.717) is 16.3 Å². The predicted octanol–water partition coefficient (Wildman–Crippen LogP) is 4.16. The van der Waals surface area contributed by atoms with E-state index in [1.807, 2.05) is 26.0 Å². The van der Waals surface area contributed by atoms with Crippen molar-refractivity contribution in [3.8, 4) is 6.07 Å². The van der Waals surface area contributed by atoms with Crippen molar-refractivity contribution in [3.63, 3.8) is 0 Å². The summed E-state index contributed by atoms with van der Waals surface area (Å²) in [5.41, 5.74) is 2.60. The van der Waals surface area contributed by atoms with E-state index in [0.717, 1.165) is 43.4 Å². The fraction of sp³-hybridized carbons (Fsp3) is 0.423. The predicted molar refractivity (Wildman–Crippen MR) is 130 cm³/mol. The second-order valence-corrected chi connectivity index (χ2v) is 9.84. The van der Waals surface area contributed by atoms with Gasteiger partial charge in [0.2, 0.25) is 11.8 Å². The zero-order chi connectivity index (χ0) is 24.2. The van der Waals surface area contributed by atoms with Crippen LogP contribution in [0.5, 0.6) is 0 Å². The molecule has 1 aromatic carbocycles. The van der Waals surface area contributed by atoms with Gasteiger partial charge in [0.05, 0.1) is 23.4 Å². The zero-order valence-corrected chi connectivity index (χ0v) is 20.3. The number of aromatic nitrogens is 1. The highest BCUT2D eigenvalue weighted by atomic mass is 32.2. The largest absolute Gasteiger partial charge is 0.326 e. The molecule has 2 aliphatic rings. The van der Waals surface area contributed by atoms with Gasteiger partial charge < -0.3 is 4.90 Å². The number of hydrogen-bond donors (Lipinski definition) is 0. The maximum atomic E-state index is 13.6. The number of aryl methyl sites for hydroxylation is 2. The minimum Gasteiger partial charge on any atom is -0.326 e. The van der Waals surface area contributed by atoms with E-state index in [1.165, 1.54) is 16.7 Å². The molecule has 1 saturated carbocycles. The molecule has 2 heterocycles. The van der Waals surface area contributed by atoms with E-state index in [9.17, 15) is 19.6 Å². The van der Waals surface area contributed by atoms with Crippen molar-refractivity contribution in [2.24, 2.45) is 0 Å². The van der Waals surface area contributed by atoms with E-state index < -0.39 is 6.04 Å². The van der Waals surface area contributed by atoms with Crippen LogP contribution in [0.25, 0.3) is 0 Å². The lowest BCUT2D eigenvalue weighted by Crippen LogP contribution is -2.52. The van der Waals surface area contributed by atoms with Crippen LogP contribution in [0.3, 0.4) is 0 Å². The second kappa shape index (κ2) is 10.4. The number of benzene rings is 1. The number of rotatable bonds is 6. The van der Waals surface area contributed by atoms with E-state index in [2.05, 4.69) is 11.1 Å². The summed E-state index contributed by atoms with van der Waals surface area (Å²) in [6.45, 7) is 3.71. The van der Waals surface area contributed by atoms with Crippen LogP contribution in [0.15, 0.2) is 41.4 Å². The molecule has 2 aromatic rings. The van der Waals surface area contributed by atoms with Crippen LogP contribution in [0.1, 0.15) is 55.3 Å². The van der Waals surface area contributed by atoms with Gasteiger partial charge in [-0.15, -0.1) is 0 Å². The first-order valence-electron chi connectivity index (χ1n) is 11.6. The van der Waals surface area contributed by atoms with Crippen LogP contribution in [0.4, 0.5) is 5.69 Å². The molecule has 4 rings (SSSR count). The third-order valence-corrected chi connectivity index (χ3v) is 7.44. The molecule has 1 aromatic heterocycles. The molecule has 3 amide bonds. The van der Waals surface area contributed by atoms with E-state index >= 15 is 0 Å². The highest BCUT2D eigenvalue weighted by Crippen LogP contribution is 2.32. The molecule has 0 spiro atoms. The van der Waals surface area contributed by atoms with E-state index in [-0.39, 0.29) is 35.9 Å². The van der Waals surface area contributed by atoms with Gasteiger partial charge >= 0.3 is 0 Å². The van der Waals surface area contributed by atoms with Gasteiger partial charge in [0.25, 0.3) is 5.91 Å². The Balaban J connectivity index is 1.59. The summed E-state index contributed by atoms with van der Waals surface area (Å²) in [5, 5.41) is 10.1. The number of pyridine rings is 1. The van der Waals surface area contributed by atoms with Gasteiger partial charge in [0.15, 0.2) is 0 Å². The monoisotopic (exact) mass is 476 g/mol. The Morgan fingerprint density at radius 1 is 1.18 bits per heavy atom. The Labute approximate surface area is 204 Å². The number of para-hydroxylation sites is 1. The Hall–Kier alpha value is -3.18. The average Bonchev–Trinajstić information content (AvgIpc) is 3.12. The lowest BCUT2D eigenvalue weighted by atomic mass is 9.92. The molecule has 0 bridgehead atoms. The first kappa shape index (κ1) is 24.0. The number of amides is 3. The molecule has 1 atom stereocenters. The number of carbonyl (C=O) groups excluding carboxylic acids is 3. The molecule has 7 nitrogen and oxygen atoms in total. The molecule has 1 aliphatic carbocycles. The highest BCUT2D eigenvalue weighted by Gasteiger charge is 2.46. The zero-order valence-electron chi connectivity index (χ0n) is 19.5. The molecule has 0 N–H and O–H groups in total. The fourth-order valence-electron chi connectivity index (χ4n) is 4.92. The summed E-state index contributed by atoms with van der Waals surface area (Å²) in [5.74, 6) is -0.764. The van der Waals surface area contributed by atoms with Crippen LogP contribution in [0.2, 0.25) is 0 Å². The maximum Gasteiger partial charge on any atom is 0.257 e. The Bertz CT molecular complexity index is 1140. The van der Waals surface area contributed by atoms with Crippen molar-refractivity contribution in [3.05, 3.63) is 53.2 Å². The van der Waals surface area contributed by atoms with Gasteiger partial charge in [-0.3, -0.25) is 14.4 Å². The molecule has 8 heteroatoms. The van der Waals surface area contributed by atoms with Crippen molar-refractivity contribution >= 4 is 35.2 Å². The van der Waals surface area contributed by atoms with Crippen LogP contribution in [0, 0.1) is 25.2 Å². The average molecular weight is 477 g/mol. The van der Waals surface area contributed by atoms with Gasteiger partial charge in [-0.1, -0.05) is 49.2 Å². The highest BCUT2D eigenvalue weighted by molar-refractivity contribution is 8.00. The fourth-order valence-corrected chi connectivity index (χ4v) is 5.89. The number of nitrogens with zero attached hydrogens (tertiary/aromatic N) is 4. The molecule has 2 fully saturated rings. The Morgan fingerprint density at radius 2 is 1.88 bits per heavy atom. The minimum absolute atomic E-state index is 0.00805. The lowest BCUT2D eigenvalue weighted by Gasteiger charge is -2.37. The second-order valence-electron chi connectivity index (χ2n) is 8.88. The number of anilines is 1. The summed E-state index contributed by atoms with van der Waals surface area (Å²) >= 11 is 1.22. The quantitative estimate of drug-likeness (QED) is 0.459. The van der Waals surface area contributed by atoms with Gasteiger partial charge in [-0.05, 0) is 50.5 Å². The maximum absolute atomic E-state index is 13.6. The summed E-state index contributed by atoms with van der Waals surface area (Å²) in [6.07, 6.45) is 4.74. The summed E-state index contributed by atoms with van der Waals surface area (Å²) < 4.78 is 0. The molecule has 0 radical (unpaired) electrons. The van der Waals surface area contributed by atoms with Gasteiger partial charge in [0, 0.05) is 11.7 Å². The SMILES string of the molecule is Cc1cc(C)c(C#N)c(SCC(=O)N(C2CCCCC2)C2CC(=O)N(c3ccccc3)C2=O)n1. The van der Waals surface area contributed by atoms with Crippen LogP contribution in [-0.4, -0.2) is 45.4 Å². The summed E-state index contributed by atoms with van der Waals surface area (Å²) in [4.78, 5) is 47.2. The van der Waals surface area contributed by atoms with Crippen molar-refractivity contribution in [2.75, 3.05) is 10.7 Å². The minimum atomic E-state index is -0.799. The summed E-state index contributed by atoms with van der Waals surface area (Å²) in [6, 6.07) is 12.0. The van der Waals surface area contributed by atoms with Crippen LogP contribution >= 0.6 is 11.8 Å². The number of thioether (sulfide) groups is 1. The molecular weight excluding hydrogens is 448 g/mol. The standard InChI is InChI=1S/C26H28N4O3S/c1-17-13-18(2)28-25(21(17)15-27)34-16-24(32)29(19-9-5-3-6-10-19)22-14-23(31)30(26(22)33)20-11-7-4-8-12-20/h4,7-8,11-13,19,22H,3,5-6,9-10,14,16H2,1-2H3. The number of nitriles is 1. The van der Waals surface area contributed by atoms with E-state index in [4.69, 9.17) is 0 Å². The Kier molecular flexibility index (Phi) is 7.32. The van der Waals surface area contributed by atoms with Crippen molar-refractivity contribution in [1.82, 2.24) is 9.88 Å². The van der Waals surface area contributed by atoms with Crippen LogP contribution < -0.4 is 4.90 Å². The molecule has 1 saturated heterocycles. The van der Waals surface area contributed by atoms with Gasteiger partial charge in [0.1, 0.15) is 17.1 Å². The van der Waals surface area contributed by atoms with Crippen molar-refractivity contribution < 1.29 is 14.4 Å². The molecule has 176 valence electrons. The number of hydrogen-bond acceptors (Lipinski definition) is 6. The first-order chi connectivity index (χ1) is 16.4. The Morgan fingerprint density at radius 3 is 2.56 bits per heavy atom. The summed E-state index contributed by atoms with van der Waals surface area (Å²) in [7, 11) is 0. The third kappa shape index (κ3) is 4.85. The number of carbonyl (C=O) groups is 3. The third-order valence-electron chi connectivity index (χ3n) is 6.48. The molecular formula is C26H28N4O3S. The smallest absolute Gasteiger partial charge is 0.257 e. The molecule has 1 aliphatic heterocycles. The molecule has 1 unspecified atom stereocenters. The van der Waals surface area contributed by atoms with E-state index in [1.54, 1.807) is 29.2 Å². The first-order valence-corrected chi connectivity index (χ1v) is 12.6. The lowest BCUT2D eigenvalue weighted by molar-refractivity contribution is -0.139. The van der Waals surface area contributed by atoms with Gasteiger partial charge in [-0.2, -0.15) is 5.26 Å².